The van der Waals surface area contributed by atoms with Gasteiger partial charge >= 0.3 is 0 Å². The standard InChI is InChI=1S/C24BF20.C19H15ClNO/c26-5-1(6(27)14(35)21(42)13(5)34)25(2-7(28)15(36)22(43)16(37)8(2)29,3-9(30)17(38)23(44)18(39)10(3)31)4-11(32)19(40)24(45)20(41)12(4)33;1-14(20)17-12-11-15-7-5-6-10-18(15)21(17)13-19(22)16-8-3-2-4-9-16/h;2-12H,1,13H2/q-1;+1. The second kappa shape index (κ2) is 18.4. The molecule has 67 heavy (non-hydrogen) atoms. The number of nitrogens with zero attached hydrogens (tertiary/aromatic N) is 1. The quantitative estimate of drug-likeness (QED) is 0.0371. The maximum atomic E-state index is 15.4. The lowest BCUT2D eigenvalue weighted by molar-refractivity contribution is -0.659. The van der Waals surface area contributed by atoms with Crippen molar-refractivity contribution in [3.63, 3.8) is 0 Å². The molecule has 0 N–H and O–H groups in total. The van der Waals surface area contributed by atoms with Crippen LogP contribution in [0.2, 0.25) is 0 Å². The minimum atomic E-state index is -7.22. The molecule has 1 heterocycles. The molecule has 0 amide bonds. The van der Waals surface area contributed by atoms with Gasteiger partial charge < -0.3 is 0 Å². The monoisotopic (exact) mass is 987 g/mol. The lowest BCUT2D eigenvalue weighted by Crippen LogP contribution is -2.81. The number of hydrogen-bond donors (Lipinski definition) is 0. The first-order valence-corrected chi connectivity index (χ1v) is 18.3. The summed E-state index contributed by atoms with van der Waals surface area (Å²) in [5.41, 5.74) is -11.9. The predicted molar refractivity (Wildman–Crippen MR) is 199 cm³/mol. The van der Waals surface area contributed by atoms with Crippen molar-refractivity contribution >= 4 is 61.3 Å². The summed E-state index contributed by atoms with van der Waals surface area (Å²) in [5.74, 6) is -71.4. The van der Waals surface area contributed by atoms with E-state index in [4.69, 9.17) is 11.6 Å². The number of carbonyl (C=O) groups is 1. The topological polar surface area (TPSA) is 20.9 Å². The Balaban J connectivity index is 0.000000279. The summed E-state index contributed by atoms with van der Waals surface area (Å²) in [4.78, 5) is 12.5. The van der Waals surface area contributed by atoms with Crippen LogP contribution in [0.25, 0.3) is 15.9 Å². The highest BCUT2D eigenvalue weighted by Gasteiger charge is 2.52. The maximum absolute atomic E-state index is 15.4. The summed E-state index contributed by atoms with van der Waals surface area (Å²) >= 11 is 6.11. The zero-order chi connectivity index (χ0) is 49.9. The lowest BCUT2D eigenvalue weighted by Gasteiger charge is -2.44. The molecule has 7 aromatic rings. The Hall–Kier alpha value is -6.91. The van der Waals surface area contributed by atoms with Crippen LogP contribution in [0.4, 0.5) is 87.8 Å². The van der Waals surface area contributed by atoms with Gasteiger partial charge in [-0.3, -0.25) is 4.79 Å². The van der Waals surface area contributed by atoms with E-state index in [1.54, 1.807) is 0 Å². The number of halogens is 21. The van der Waals surface area contributed by atoms with Gasteiger partial charge in [0.05, 0.1) is 0 Å². The van der Waals surface area contributed by atoms with Crippen molar-refractivity contribution in [1.29, 1.82) is 0 Å². The highest BCUT2D eigenvalue weighted by Crippen LogP contribution is 2.31. The van der Waals surface area contributed by atoms with E-state index in [1.807, 2.05) is 71.3 Å². The first-order chi connectivity index (χ1) is 31.4. The molecule has 1 aromatic heterocycles. The third kappa shape index (κ3) is 7.81. The van der Waals surface area contributed by atoms with E-state index >= 15 is 35.1 Å². The Labute approximate surface area is 365 Å². The molecule has 0 aliphatic heterocycles. The van der Waals surface area contributed by atoms with Gasteiger partial charge in [-0.15, -0.1) is 21.9 Å². The van der Waals surface area contributed by atoms with Crippen molar-refractivity contribution in [1.82, 2.24) is 0 Å². The van der Waals surface area contributed by atoms with Gasteiger partial charge in [0.15, 0.2) is 69.8 Å². The van der Waals surface area contributed by atoms with Crippen LogP contribution in [0, 0.1) is 116 Å². The van der Waals surface area contributed by atoms with E-state index in [0.717, 1.165) is 16.6 Å². The summed E-state index contributed by atoms with van der Waals surface area (Å²) in [6, 6.07) is 21.1. The summed E-state index contributed by atoms with van der Waals surface area (Å²) in [6.45, 7) is 4.03. The Kier molecular flexibility index (Phi) is 13.6. The molecule has 0 spiro atoms. The zero-order valence-corrected chi connectivity index (χ0v) is 32.9. The highest BCUT2D eigenvalue weighted by atomic mass is 35.5. The third-order valence-corrected chi connectivity index (χ3v) is 10.5. The molecule has 0 radical (unpaired) electrons. The van der Waals surface area contributed by atoms with Crippen LogP contribution in [0.15, 0.2) is 73.3 Å². The number of pyridine rings is 1. The van der Waals surface area contributed by atoms with Crippen LogP contribution in [0.3, 0.4) is 0 Å². The number of fused-ring (bicyclic) bond motifs is 1. The number of ketones is 1. The molecule has 0 unspecified atom stereocenters. The average molecular weight is 988 g/mol. The molecule has 0 aliphatic rings. The van der Waals surface area contributed by atoms with Crippen LogP contribution >= 0.6 is 11.6 Å². The minimum absolute atomic E-state index is 0.0427. The molecule has 0 saturated heterocycles. The molecule has 7 rings (SSSR count). The van der Waals surface area contributed by atoms with Crippen LogP contribution in [0.1, 0.15) is 16.1 Å². The van der Waals surface area contributed by atoms with Gasteiger partial charge in [-0.1, -0.05) is 60.6 Å². The Morgan fingerprint density at radius 3 is 1.00 bits per heavy atom. The van der Waals surface area contributed by atoms with Gasteiger partial charge in [-0.05, 0) is 12.1 Å². The van der Waals surface area contributed by atoms with E-state index < -0.39 is 144 Å². The molecule has 2 nitrogen and oxygen atoms in total. The van der Waals surface area contributed by atoms with E-state index in [2.05, 4.69) is 6.58 Å². The number of rotatable bonds is 8. The van der Waals surface area contributed by atoms with Gasteiger partial charge in [0.2, 0.25) is 23.5 Å². The molecular formula is C43H15BClF20NO. The summed E-state index contributed by atoms with van der Waals surface area (Å²) in [7, 11) is 0. The largest absolute Gasteiger partial charge is 0.287 e. The highest BCUT2D eigenvalue weighted by molar-refractivity contribution is 7.20. The summed E-state index contributed by atoms with van der Waals surface area (Å²) < 4.78 is 296. The molecule has 0 saturated carbocycles. The van der Waals surface area contributed by atoms with E-state index in [0.29, 0.717) is 10.6 Å². The number of benzene rings is 6. The smallest absolute Gasteiger partial charge is 0.227 e. The van der Waals surface area contributed by atoms with E-state index in [9.17, 15) is 57.5 Å². The maximum Gasteiger partial charge on any atom is 0.227 e. The number of aromatic nitrogens is 1. The summed E-state index contributed by atoms with van der Waals surface area (Å²) in [6.07, 6.45) is -7.22. The van der Waals surface area contributed by atoms with Gasteiger partial charge in [-0.2, -0.15) is 4.57 Å². The van der Waals surface area contributed by atoms with Gasteiger partial charge in [0.1, 0.15) is 57.7 Å². The predicted octanol–water partition coefficient (Wildman–Crippen LogP) is 10.1. The Morgan fingerprint density at radius 1 is 0.403 bits per heavy atom. The van der Waals surface area contributed by atoms with Crippen molar-refractivity contribution in [3.8, 4) is 0 Å². The second-order valence-corrected chi connectivity index (χ2v) is 14.3. The van der Waals surface area contributed by atoms with Crippen molar-refractivity contribution in [2.75, 3.05) is 0 Å². The molecule has 0 atom stereocenters. The van der Waals surface area contributed by atoms with Crippen LogP contribution < -0.4 is 26.4 Å². The first kappa shape index (κ1) is 49.5. The molecule has 24 heteroatoms. The SMILES string of the molecule is C=C(Cl)c1ccc2ccccc2[n+]1CC(=O)c1ccccc1.Fc1c(F)c(F)c([B-](c2c(F)c(F)c(F)c(F)c2F)(c2c(F)c(F)c(F)c(F)c2F)c2c(F)c(F)c(F)c(F)c2F)c(F)c1F. The van der Waals surface area contributed by atoms with Gasteiger partial charge in [-0.25, -0.2) is 87.8 Å². The minimum Gasteiger partial charge on any atom is -0.287 e. The number of Topliss-reactive ketones (excluding diaryl/α,β-unsaturated/α-hetero) is 1. The van der Waals surface area contributed by atoms with E-state index in [1.165, 1.54) is 0 Å². The molecular weight excluding hydrogens is 973 g/mol. The Bertz CT molecular complexity index is 2840. The average Bonchev–Trinajstić information content (AvgIpc) is 3.31. The molecule has 0 aliphatic carbocycles. The normalized spacial score (nSPS) is 11.5. The zero-order valence-electron chi connectivity index (χ0n) is 32.1. The third-order valence-electron chi connectivity index (χ3n) is 10.3. The number of carbonyl (C=O) groups excluding carboxylic acids is 1. The van der Waals surface area contributed by atoms with Crippen LogP contribution in [-0.2, 0) is 6.54 Å². The van der Waals surface area contributed by atoms with Crippen molar-refractivity contribution in [2.45, 2.75) is 6.54 Å². The molecule has 0 fully saturated rings. The fourth-order valence-electron chi connectivity index (χ4n) is 7.40. The Morgan fingerprint density at radius 2 is 0.687 bits per heavy atom. The fourth-order valence-corrected chi connectivity index (χ4v) is 7.57. The fraction of sp³-hybridized carbons (Fsp3) is 0.0233. The van der Waals surface area contributed by atoms with Gasteiger partial charge in [0, 0.05) is 23.1 Å². The lowest BCUT2D eigenvalue weighted by atomic mass is 9.12. The van der Waals surface area contributed by atoms with Gasteiger partial charge in [0.25, 0.3) is 0 Å². The first-order valence-electron chi connectivity index (χ1n) is 17.9. The molecule has 6 aromatic carbocycles. The van der Waals surface area contributed by atoms with Crippen LogP contribution in [-0.4, -0.2) is 11.9 Å². The van der Waals surface area contributed by atoms with Crippen molar-refractivity contribution in [3.05, 3.63) is 201 Å². The molecule has 0 bridgehead atoms. The second-order valence-electron chi connectivity index (χ2n) is 13.9. The number of para-hydroxylation sites is 1. The van der Waals surface area contributed by atoms with Crippen molar-refractivity contribution in [2.24, 2.45) is 0 Å². The van der Waals surface area contributed by atoms with Crippen LogP contribution in [0.5, 0.6) is 0 Å². The molecule has 348 valence electrons. The van der Waals surface area contributed by atoms with E-state index in [-0.39, 0.29) is 12.3 Å². The van der Waals surface area contributed by atoms with Crippen molar-refractivity contribution < 1.29 is 97.2 Å². The number of hydrogen-bond acceptors (Lipinski definition) is 1. The summed E-state index contributed by atoms with van der Waals surface area (Å²) in [5, 5.41) is 1.48.